The summed E-state index contributed by atoms with van der Waals surface area (Å²) in [6.07, 6.45) is -5.13. The van der Waals surface area contributed by atoms with E-state index in [-0.39, 0.29) is 5.56 Å². The second-order valence-corrected chi connectivity index (χ2v) is 4.87. The van der Waals surface area contributed by atoms with Crippen molar-refractivity contribution in [2.45, 2.75) is 30.7 Å². The maximum absolute atomic E-state index is 13.0. The Labute approximate surface area is 115 Å². The summed E-state index contributed by atoms with van der Waals surface area (Å²) < 4.78 is 49.6. The van der Waals surface area contributed by atoms with Gasteiger partial charge in [0.2, 0.25) is 0 Å². The Morgan fingerprint density at radius 2 is 1.85 bits per heavy atom. The number of aliphatic hydroxyl groups is 1. The molecule has 0 saturated carbocycles. The number of aliphatic hydroxyl groups excluding tert-OH is 1. The highest BCUT2D eigenvalue weighted by Crippen LogP contribution is 2.42. The van der Waals surface area contributed by atoms with E-state index in [9.17, 15) is 18.3 Å². The number of hydrogen-bond acceptors (Lipinski definition) is 3. The zero-order chi connectivity index (χ0) is 14.8. The van der Waals surface area contributed by atoms with Gasteiger partial charge in [0.1, 0.15) is 11.7 Å². The predicted molar refractivity (Wildman–Crippen MR) is 66.2 cm³/mol. The molecule has 0 spiro atoms. The Kier molecular flexibility index (Phi) is 4.36. The number of benzene rings is 1. The third-order valence-electron chi connectivity index (χ3n) is 3.80. The molecule has 1 aromatic carbocycles. The van der Waals surface area contributed by atoms with Crippen molar-refractivity contribution in [3.8, 4) is 0 Å². The van der Waals surface area contributed by atoms with Crippen LogP contribution in [-0.2, 0) is 15.7 Å². The predicted octanol–water partition coefficient (Wildman–Crippen LogP) is 2.93. The Balaban J connectivity index is 2.40. The summed E-state index contributed by atoms with van der Waals surface area (Å²) in [6.45, 7) is 0.720. The molecule has 1 saturated heterocycles. The average molecular weight is 290 g/mol. The number of hydrogen-bond donors (Lipinski definition) is 1. The number of methoxy groups -OCH3 is 1. The van der Waals surface area contributed by atoms with Crippen molar-refractivity contribution in [1.29, 1.82) is 0 Å². The molecule has 6 heteroatoms. The molecule has 1 aliphatic rings. The van der Waals surface area contributed by atoms with Crippen molar-refractivity contribution in [2.24, 2.45) is 0 Å². The molecule has 0 amide bonds. The monoisotopic (exact) mass is 290 g/mol. The fourth-order valence-electron chi connectivity index (χ4n) is 2.58. The zero-order valence-corrected chi connectivity index (χ0v) is 11.1. The van der Waals surface area contributed by atoms with Crippen LogP contribution in [0.15, 0.2) is 24.3 Å². The number of rotatable bonds is 3. The summed E-state index contributed by atoms with van der Waals surface area (Å²) in [7, 11) is 1.41. The van der Waals surface area contributed by atoms with E-state index in [2.05, 4.69) is 0 Å². The van der Waals surface area contributed by atoms with Crippen molar-refractivity contribution in [3.05, 3.63) is 35.4 Å². The van der Waals surface area contributed by atoms with Crippen molar-refractivity contribution >= 4 is 0 Å². The van der Waals surface area contributed by atoms with Crippen LogP contribution in [0.1, 0.15) is 30.1 Å². The number of ether oxygens (including phenoxy) is 2. The van der Waals surface area contributed by atoms with Gasteiger partial charge in [-0.1, -0.05) is 18.2 Å². The maximum atomic E-state index is 13.0. The first-order chi connectivity index (χ1) is 9.41. The standard InChI is InChI=1S/C14H17F3O3/c1-19-13(6-8-20-9-7-13)12(18)10-4-2-3-5-11(10)14(15,16)17/h2-5,12,18H,6-9H2,1H3. The molecule has 0 aliphatic carbocycles. The summed E-state index contributed by atoms with van der Waals surface area (Å²) >= 11 is 0. The number of alkyl halides is 3. The molecule has 1 heterocycles. The zero-order valence-electron chi connectivity index (χ0n) is 11.1. The van der Waals surface area contributed by atoms with Gasteiger partial charge in [-0.15, -0.1) is 0 Å². The molecule has 20 heavy (non-hydrogen) atoms. The van der Waals surface area contributed by atoms with Crippen LogP contribution in [-0.4, -0.2) is 31.0 Å². The van der Waals surface area contributed by atoms with Crippen LogP contribution in [0.3, 0.4) is 0 Å². The van der Waals surface area contributed by atoms with E-state index >= 15 is 0 Å². The van der Waals surface area contributed by atoms with E-state index < -0.39 is 23.4 Å². The second kappa shape index (κ2) is 5.71. The van der Waals surface area contributed by atoms with Crippen LogP contribution >= 0.6 is 0 Å². The fraction of sp³-hybridized carbons (Fsp3) is 0.571. The van der Waals surface area contributed by atoms with Gasteiger partial charge in [0.15, 0.2) is 0 Å². The van der Waals surface area contributed by atoms with Gasteiger partial charge in [-0.25, -0.2) is 0 Å². The topological polar surface area (TPSA) is 38.7 Å². The van der Waals surface area contributed by atoms with E-state index in [1.807, 2.05) is 0 Å². The molecule has 1 N–H and O–H groups in total. The molecule has 1 fully saturated rings. The van der Waals surface area contributed by atoms with Crippen LogP contribution in [0.5, 0.6) is 0 Å². The third kappa shape index (κ3) is 2.82. The van der Waals surface area contributed by atoms with Crippen LogP contribution in [0.4, 0.5) is 13.2 Å². The van der Waals surface area contributed by atoms with E-state index in [0.717, 1.165) is 6.07 Å². The van der Waals surface area contributed by atoms with Gasteiger partial charge in [0.25, 0.3) is 0 Å². The summed E-state index contributed by atoms with van der Waals surface area (Å²) in [5.41, 5.74) is -2.00. The molecule has 0 aromatic heterocycles. The largest absolute Gasteiger partial charge is 0.416 e. The van der Waals surface area contributed by atoms with Crippen molar-refractivity contribution in [1.82, 2.24) is 0 Å². The molecule has 3 nitrogen and oxygen atoms in total. The number of halogens is 3. The molecule has 2 rings (SSSR count). The first-order valence-corrected chi connectivity index (χ1v) is 6.38. The minimum atomic E-state index is -4.50. The molecule has 0 radical (unpaired) electrons. The van der Waals surface area contributed by atoms with Gasteiger partial charge in [-0.2, -0.15) is 13.2 Å². The minimum absolute atomic E-state index is 0.149. The van der Waals surface area contributed by atoms with Crippen molar-refractivity contribution < 1.29 is 27.8 Å². The van der Waals surface area contributed by atoms with Gasteiger partial charge in [0.05, 0.1) is 5.56 Å². The Morgan fingerprint density at radius 3 is 2.40 bits per heavy atom. The van der Waals surface area contributed by atoms with Gasteiger partial charge < -0.3 is 14.6 Å². The lowest BCUT2D eigenvalue weighted by atomic mass is 9.82. The van der Waals surface area contributed by atoms with Crippen LogP contribution in [0.2, 0.25) is 0 Å². The molecule has 1 aromatic rings. The van der Waals surface area contributed by atoms with E-state index in [0.29, 0.717) is 26.1 Å². The Hall–Kier alpha value is -1.11. The Bertz CT molecular complexity index is 453. The first kappa shape index (κ1) is 15.3. The molecule has 0 bridgehead atoms. The summed E-state index contributed by atoms with van der Waals surface area (Å²) in [6, 6.07) is 5.06. The smallest absolute Gasteiger partial charge is 0.385 e. The summed E-state index contributed by atoms with van der Waals surface area (Å²) in [4.78, 5) is 0. The van der Waals surface area contributed by atoms with Gasteiger partial charge in [0, 0.05) is 33.2 Å². The van der Waals surface area contributed by atoms with Gasteiger partial charge in [-0.3, -0.25) is 0 Å². The quantitative estimate of drug-likeness (QED) is 0.930. The lowest BCUT2D eigenvalue weighted by Gasteiger charge is -2.40. The first-order valence-electron chi connectivity index (χ1n) is 6.38. The van der Waals surface area contributed by atoms with Crippen molar-refractivity contribution in [2.75, 3.05) is 20.3 Å². The Morgan fingerprint density at radius 1 is 1.25 bits per heavy atom. The highest BCUT2D eigenvalue weighted by molar-refractivity contribution is 5.33. The molecule has 1 unspecified atom stereocenters. The minimum Gasteiger partial charge on any atom is -0.385 e. The van der Waals surface area contributed by atoms with Crippen molar-refractivity contribution in [3.63, 3.8) is 0 Å². The fourth-order valence-corrected chi connectivity index (χ4v) is 2.58. The maximum Gasteiger partial charge on any atom is 0.416 e. The van der Waals surface area contributed by atoms with Crippen LogP contribution < -0.4 is 0 Å². The molecule has 1 aliphatic heterocycles. The molecular formula is C14H17F3O3. The molecule has 112 valence electrons. The van der Waals surface area contributed by atoms with Crippen LogP contribution in [0.25, 0.3) is 0 Å². The lowest BCUT2D eigenvalue weighted by Crippen LogP contribution is -2.44. The summed E-state index contributed by atoms with van der Waals surface area (Å²) in [5, 5.41) is 10.5. The highest BCUT2D eigenvalue weighted by Gasteiger charge is 2.44. The SMILES string of the molecule is COC1(C(O)c2ccccc2C(F)(F)F)CCOCC1. The lowest BCUT2D eigenvalue weighted by molar-refractivity contribution is -0.161. The van der Waals surface area contributed by atoms with Gasteiger partial charge >= 0.3 is 6.18 Å². The average Bonchev–Trinajstić information content (AvgIpc) is 2.46. The third-order valence-corrected chi connectivity index (χ3v) is 3.80. The van der Waals surface area contributed by atoms with Crippen LogP contribution in [0, 0.1) is 0 Å². The summed E-state index contributed by atoms with van der Waals surface area (Å²) in [5.74, 6) is 0. The highest BCUT2D eigenvalue weighted by atomic mass is 19.4. The molecule has 1 atom stereocenters. The van der Waals surface area contributed by atoms with E-state index in [4.69, 9.17) is 9.47 Å². The molecular weight excluding hydrogens is 273 g/mol. The van der Waals surface area contributed by atoms with E-state index in [1.165, 1.54) is 25.3 Å². The van der Waals surface area contributed by atoms with Gasteiger partial charge in [-0.05, 0) is 11.6 Å². The van der Waals surface area contributed by atoms with E-state index in [1.54, 1.807) is 0 Å². The normalized spacial score (nSPS) is 20.6. The second-order valence-electron chi connectivity index (χ2n) is 4.87.